The Morgan fingerprint density at radius 2 is 1.74 bits per heavy atom. The number of nitrogens with zero attached hydrogens (tertiary/aromatic N) is 1. The molecule has 0 radical (unpaired) electrons. The summed E-state index contributed by atoms with van der Waals surface area (Å²) in [6.45, 7) is 0. The van der Waals surface area contributed by atoms with E-state index in [0.29, 0.717) is 0 Å². The van der Waals surface area contributed by atoms with E-state index in [-0.39, 0.29) is 0 Å². The van der Waals surface area contributed by atoms with Crippen LogP contribution in [0.4, 0.5) is 0 Å². The van der Waals surface area contributed by atoms with Gasteiger partial charge in [-0.1, -0.05) is 54.1 Å². The van der Waals surface area contributed by atoms with Crippen LogP contribution in [0.15, 0.2) is 66.7 Å². The molecule has 0 fully saturated rings. The molecule has 0 aliphatic heterocycles. The van der Waals surface area contributed by atoms with E-state index < -0.39 is 0 Å². The van der Waals surface area contributed by atoms with Crippen molar-refractivity contribution in [3.8, 4) is 5.69 Å². The molecule has 0 atom stereocenters. The normalized spacial score (nSPS) is 13.7. The number of para-hydroxylation sites is 1. The summed E-state index contributed by atoms with van der Waals surface area (Å²) in [5, 5.41) is 4.46. The minimum atomic E-state index is 0.768. The van der Waals surface area contributed by atoms with E-state index in [1.165, 1.54) is 44.1 Å². The average molecular weight is 369 g/mol. The predicted octanol–water partition coefficient (Wildman–Crippen LogP) is 6.88. The minimum absolute atomic E-state index is 0.768. The van der Waals surface area contributed by atoms with Crippen LogP contribution in [0, 0.1) is 0 Å². The molecular formula is C24H17ClN2. The summed E-state index contributed by atoms with van der Waals surface area (Å²) < 4.78 is 2.44. The Morgan fingerprint density at radius 3 is 2.63 bits per heavy atom. The van der Waals surface area contributed by atoms with E-state index in [1.807, 2.05) is 6.07 Å². The average Bonchev–Trinajstić information content (AvgIpc) is 3.24. The summed E-state index contributed by atoms with van der Waals surface area (Å²) in [7, 11) is 0. The van der Waals surface area contributed by atoms with Crippen molar-refractivity contribution in [3.05, 3.63) is 83.0 Å². The van der Waals surface area contributed by atoms with Crippen molar-refractivity contribution >= 4 is 50.4 Å². The maximum atomic E-state index is 6.28. The molecule has 6 rings (SSSR count). The van der Waals surface area contributed by atoms with E-state index in [2.05, 4.69) is 76.3 Å². The molecule has 27 heavy (non-hydrogen) atoms. The summed E-state index contributed by atoms with van der Waals surface area (Å²) in [4.78, 5) is 3.66. The number of aromatic nitrogens is 2. The summed E-state index contributed by atoms with van der Waals surface area (Å²) in [5.41, 5.74) is 7.50. The lowest BCUT2D eigenvalue weighted by Crippen LogP contribution is -2.02. The van der Waals surface area contributed by atoms with Gasteiger partial charge in [-0.3, -0.25) is 0 Å². The Kier molecular flexibility index (Phi) is 3.09. The van der Waals surface area contributed by atoms with Gasteiger partial charge in [0, 0.05) is 43.6 Å². The SMILES string of the molecule is Clc1ccc2[nH]c3c(ccc4c5c(n(-c6ccccc6)c43)CCC=C5)c2c1. The van der Waals surface area contributed by atoms with Crippen molar-refractivity contribution in [2.45, 2.75) is 12.8 Å². The summed E-state index contributed by atoms with van der Waals surface area (Å²) in [6.07, 6.45) is 6.71. The van der Waals surface area contributed by atoms with Crippen molar-refractivity contribution in [1.29, 1.82) is 0 Å². The van der Waals surface area contributed by atoms with Crippen LogP contribution in [0.2, 0.25) is 5.02 Å². The molecular weight excluding hydrogens is 352 g/mol. The molecule has 0 spiro atoms. The molecule has 3 aromatic carbocycles. The van der Waals surface area contributed by atoms with Crippen molar-refractivity contribution in [3.63, 3.8) is 0 Å². The molecule has 0 saturated carbocycles. The second kappa shape index (κ2) is 5.51. The molecule has 0 amide bonds. The zero-order valence-electron chi connectivity index (χ0n) is 14.7. The molecule has 2 heterocycles. The van der Waals surface area contributed by atoms with Crippen LogP contribution in [-0.4, -0.2) is 9.55 Å². The summed E-state index contributed by atoms with van der Waals surface area (Å²) >= 11 is 6.28. The van der Waals surface area contributed by atoms with E-state index in [1.54, 1.807) is 0 Å². The van der Waals surface area contributed by atoms with Crippen molar-refractivity contribution in [2.24, 2.45) is 0 Å². The van der Waals surface area contributed by atoms with Gasteiger partial charge in [0.05, 0.1) is 11.0 Å². The molecule has 0 saturated heterocycles. The molecule has 2 aromatic heterocycles. The van der Waals surface area contributed by atoms with Gasteiger partial charge >= 0.3 is 0 Å². The Hall–Kier alpha value is -2.97. The standard InChI is InChI=1S/C24H17ClN2/c25-15-10-13-21-20(14-15)18-11-12-19-17-8-4-5-9-22(17)27(24(19)23(18)26-21)16-6-2-1-3-7-16/h1-4,6-8,10-14,26H,5,9H2. The van der Waals surface area contributed by atoms with E-state index in [0.717, 1.165) is 23.4 Å². The fourth-order valence-corrected chi connectivity index (χ4v) is 4.67. The van der Waals surface area contributed by atoms with Crippen molar-refractivity contribution in [1.82, 2.24) is 9.55 Å². The third kappa shape index (κ3) is 2.08. The van der Waals surface area contributed by atoms with Gasteiger partial charge < -0.3 is 9.55 Å². The van der Waals surface area contributed by atoms with Gasteiger partial charge in [-0.2, -0.15) is 0 Å². The number of benzene rings is 3. The highest BCUT2D eigenvalue weighted by atomic mass is 35.5. The smallest absolute Gasteiger partial charge is 0.0780 e. The number of aromatic amines is 1. The van der Waals surface area contributed by atoms with Gasteiger partial charge in [0.1, 0.15) is 0 Å². The molecule has 1 aliphatic rings. The van der Waals surface area contributed by atoms with Crippen LogP contribution in [0.1, 0.15) is 17.7 Å². The van der Waals surface area contributed by atoms with Gasteiger partial charge in [-0.05, 0) is 43.2 Å². The van der Waals surface area contributed by atoms with Crippen LogP contribution in [-0.2, 0) is 6.42 Å². The van der Waals surface area contributed by atoms with E-state index in [4.69, 9.17) is 11.6 Å². The van der Waals surface area contributed by atoms with Gasteiger partial charge in [0.25, 0.3) is 0 Å². The predicted molar refractivity (Wildman–Crippen MR) is 115 cm³/mol. The second-order valence-corrected chi connectivity index (χ2v) is 7.61. The highest BCUT2D eigenvalue weighted by Gasteiger charge is 2.21. The number of halogens is 1. The first kappa shape index (κ1) is 15.1. The maximum absolute atomic E-state index is 6.28. The molecule has 0 unspecified atom stereocenters. The second-order valence-electron chi connectivity index (χ2n) is 7.17. The maximum Gasteiger partial charge on any atom is 0.0780 e. The molecule has 5 aromatic rings. The first-order valence-electron chi connectivity index (χ1n) is 9.30. The molecule has 3 heteroatoms. The van der Waals surface area contributed by atoms with Crippen LogP contribution < -0.4 is 0 Å². The van der Waals surface area contributed by atoms with Gasteiger partial charge in [0.2, 0.25) is 0 Å². The van der Waals surface area contributed by atoms with E-state index >= 15 is 0 Å². The lowest BCUT2D eigenvalue weighted by atomic mass is 10.0. The van der Waals surface area contributed by atoms with Crippen LogP contribution >= 0.6 is 11.6 Å². The van der Waals surface area contributed by atoms with Gasteiger partial charge in [-0.25, -0.2) is 0 Å². The molecule has 1 N–H and O–H groups in total. The highest BCUT2D eigenvalue weighted by Crippen LogP contribution is 2.39. The first-order chi connectivity index (χ1) is 13.3. The number of nitrogens with one attached hydrogen (secondary N) is 1. The number of allylic oxidation sites excluding steroid dienone is 1. The van der Waals surface area contributed by atoms with Crippen molar-refractivity contribution < 1.29 is 0 Å². The van der Waals surface area contributed by atoms with Crippen LogP contribution in [0.5, 0.6) is 0 Å². The Balaban J connectivity index is 1.85. The number of rotatable bonds is 1. The topological polar surface area (TPSA) is 20.7 Å². The number of hydrogen-bond acceptors (Lipinski definition) is 0. The lowest BCUT2D eigenvalue weighted by molar-refractivity contribution is 0.889. The Labute approximate surface area is 161 Å². The Morgan fingerprint density at radius 1 is 0.889 bits per heavy atom. The first-order valence-corrected chi connectivity index (χ1v) is 9.68. The number of fused-ring (bicyclic) bond motifs is 7. The third-order valence-electron chi connectivity index (χ3n) is 5.65. The largest absolute Gasteiger partial charge is 0.353 e. The fourth-order valence-electron chi connectivity index (χ4n) is 4.50. The molecule has 1 aliphatic carbocycles. The van der Waals surface area contributed by atoms with Crippen molar-refractivity contribution in [2.75, 3.05) is 0 Å². The monoisotopic (exact) mass is 368 g/mol. The Bertz CT molecular complexity index is 1370. The van der Waals surface area contributed by atoms with Gasteiger partial charge in [-0.15, -0.1) is 0 Å². The molecule has 130 valence electrons. The molecule has 0 bridgehead atoms. The molecule has 2 nitrogen and oxygen atoms in total. The summed E-state index contributed by atoms with van der Waals surface area (Å²) in [5.74, 6) is 0. The third-order valence-corrected chi connectivity index (χ3v) is 5.89. The van der Waals surface area contributed by atoms with E-state index in [9.17, 15) is 0 Å². The zero-order chi connectivity index (χ0) is 18.0. The lowest BCUT2D eigenvalue weighted by Gasteiger charge is -2.13. The quantitative estimate of drug-likeness (QED) is 0.333. The number of hydrogen-bond donors (Lipinski definition) is 1. The highest BCUT2D eigenvalue weighted by molar-refractivity contribution is 6.32. The van der Waals surface area contributed by atoms with Crippen LogP contribution in [0.25, 0.3) is 44.5 Å². The zero-order valence-corrected chi connectivity index (χ0v) is 15.4. The minimum Gasteiger partial charge on any atom is -0.353 e. The number of H-pyrrole nitrogens is 1. The van der Waals surface area contributed by atoms with Gasteiger partial charge in [0.15, 0.2) is 0 Å². The van der Waals surface area contributed by atoms with Crippen LogP contribution in [0.3, 0.4) is 0 Å². The summed E-state index contributed by atoms with van der Waals surface area (Å²) in [6, 6.07) is 21.2. The fraction of sp³-hybridized carbons (Fsp3) is 0.0833.